The molecule has 148 valence electrons. The van der Waals surface area contributed by atoms with Gasteiger partial charge in [0, 0.05) is 26.4 Å². The number of aryl methyl sites for hydroxylation is 1. The summed E-state index contributed by atoms with van der Waals surface area (Å²) >= 11 is 1.48. The predicted molar refractivity (Wildman–Crippen MR) is 112 cm³/mol. The van der Waals surface area contributed by atoms with E-state index >= 15 is 0 Å². The molecule has 1 aliphatic rings. The molecule has 0 unspecified atom stereocenters. The van der Waals surface area contributed by atoms with Crippen molar-refractivity contribution in [3.63, 3.8) is 0 Å². The van der Waals surface area contributed by atoms with Crippen molar-refractivity contribution in [2.24, 2.45) is 7.05 Å². The van der Waals surface area contributed by atoms with Crippen LogP contribution in [0.5, 0.6) is 5.75 Å². The molecule has 0 radical (unpaired) electrons. The lowest BCUT2D eigenvalue weighted by Crippen LogP contribution is -2.29. The average molecular weight is 391 g/mol. The summed E-state index contributed by atoms with van der Waals surface area (Å²) in [4.78, 5) is 6.92. The van der Waals surface area contributed by atoms with Crippen LogP contribution >= 0.6 is 11.9 Å². The Hall–Kier alpha value is -1.93. The van der Waals surface area contributed by atoms with Crippen LogP contribution in [0.4, 0.5) is 11.9 Å². The first-order chi connectivity index (χ1) is 13.2. The standard InChI is InChI=1S/C19H30N6OS/c1-24-19(21-18(22-24)23-27-2)20-10-7-13-26-17-9-6-8-16(14-17)15-25-11-4-3-5-12-25/h6,8-9,14H,3-5,7,10-13,15H2,1-2H3,(H2,20,21,22,23). The zero-order valence-corrected chi connectivity index (χ0v) is 17.1. The predicted octanol–water partition coefficient (Wildman–Crippen LogP) is 3.37. The van der Waals surface area contributed by atoms with Crippen molar-refractivity contribution in [3.8, 4) is 5.75 Å². The summed E-state index contributed by atoms with van der Waals surface area (Å²) in [5, 5.41) is 7.58. The molecule has 1 aromatic carbocycles. The third-order valence-electron chi connectivity index (χ3n) is 4.58. The lowest BCUT2D eigenvalue weighted by atomic mass is 10.1. The van der Waals surface area contributed by atoms with E-state index < -0.39 is 0 Å². The summed E-state index contributed by atoms with van der Waals surface area (Å²) in [6.07, 6.45) is 6.86. The van der Waals surface area contributed by atoms with Crippen LogP contribution in [0.2, 0.25) is 0 Å². The molecular formula is C19H30N6OS. The van der Waals surface area contributed by atoms with E-state index in [9.17, 15) is 0 Å². The van der Waals surface area contributed by atoms with Crippen LogP contribution in [0.25, 0.3) is 0 Å². The second-order valence-electron chi connectivity index (χ2n) is 6.80. The molecule has 1 aromatic heterocycles. The third-order valence-corrected chi connectivity index (χ3v) is 4.97. The first-order valence-corrected chi connectivity index (χ1v) is 10.8. The Morgan fingerprint density at radius 1 is 1.22 bits per heavy atom. The summed E-state index contributed by atoms with van der Waals surface area (Å²) in [6, 6.07) is 8.49. The maximum absolute atomic E-state index is 5.93. The fourth-order valence-electron chi connectivity index (χ4n) is 3.24. The number of benzene rings is 1. The van der Waals surface area contributed by atoms with Crippen molar-refractivity contribution in [1.29, 1.82) is 0 Å². The molecule has 7 nitrogen and oxygen atoms in total. The molecule has 0 spiro atoms. The van der Waals surface area contributed by atoms with Crippen LogP contribution in [0.3, 0.4) is 0 Å². The number of aromatic nitrogens is 3. The van der Waals surface area contributed by atoms with Gasteiger partial charge in [0.15, 0.2) is 0 Å². The van der Waals surface area contributed by atoms with Gasteiger partial charge in [0.2, 0.25) is 5.95 Å². The van der Waals surface area contributed by atoms with Crippen molar-refractivity contribution in [2.45, 2.75) is 32.2 Å². The first kappa shape index (κ1) is 19.8. The van der Waals surface area contributed by atoms with Gasteiger partial charge in [0.05, 0.1) is 6.61 Å². The number of nitrogens with one attached hydrogen (secondary N) is 2. The van der Waals surface area contributed by atoms with Crippen LogP contribution in [0.15, 0.2) is 24.3 Å². The maximum Gasteiger partial charge on any atom is 0.253 e. The Kier molecular flexibility index (Phi) is 7.65. The van der Waals surface area contributed by atoms with E-state index in [2.05, 4.69) is 43.2 Å². The number of likely N-dealkylation sites (tertiary alicyclic amines) is 1. The molecule has 1 saturated heterocycles. The fourth-order valence-corrected chi connectivity index (χ4v) is 3.51. The molecule has 0 atom stereocenters. The summed E-state index contributed by atoms with van der Waals surface area (Å²) in [5.41, 5.74) is 1.33. The molecule has 8 heteroatoms. The second-order valence-corrected chi connectivity index (χ2v) is 7.41. The molecule has 1 aliphatic heterocycles. The minimum atomic E-state index is 0.620. The van der Waals surface area contributed by atoms with E-state index in [-0.39, 0.29) is 0 Å². The largest absolute Gasteiger partial charge is 0.494 e. The molecule has 1 fully saturated rings. The number of nitrogens with zero attached hydrogens (tertiary/aromatic N) is 4. The van der Waals surface area contributed by atoms with E-state index in [0.717, 1.165) is 31.2 Å². The van der Waals surface area contributed by atoms with E-state index in [1.54, 1.807) is 4.68 Å². The Labute approximate surface area is 166 Å². The van der Waals surface area contributed by atoms with Crippen LogP contribution in [0, 0.1) is 0 Å². The molecule has 0 bridgehead atoms. The van der Waals surface area contributed by atoms with Crippen molar-refractivity contribution in [2.75, 3.05) is 42.5 Å². The summed E-state index contributed by atoms with van der Waals surface area (Å²) in [6.45, 7) is 4.92. The molecule has 0 aliphatic carbocycles. The second kappa shape index (κ2) is 10.4. The van der Waals surface area contributed by atoms with Crippen molar-refractivity contribution >= 4 is 23.8 Å². The summed E-state index contributed by atoms with van der Waals surface area (Å²) < 4.78 is 10.7. The zero-order chi connectivity index (χ0) is 18.9. The van der Waals surface area contributed by atoms with Gasteiger partial charge in [0.25, 0.3) is 5.95 Å². The highest BCUT2D eigenvalue weighted by Crippen LogP contribution is 2.18. The molecule has 27 heavy (non-hydrogen) atoms. The van der Waals surface area contributed by atoms with Gasteiger partial charge in [-0.15, -0.1) is 5.10 Å². The van der Waals surface area contributed by atoms with Gasteiger partial charge in [-0.1, -0.05) is 30.5 Å². The Morgan fingerprint density at radius 2 is 2.07 bits per heavy atom. The van der Waals surface area contributed by atoms with Gasteiger partial charge in [-0.3, -0.25) is 9.62 Å². The van der Waals surface area contributed by atoms with E-state index in [1.165, 1.54) is 49.9 Å². The Balaban J connectivity index is 1.38. The molecular weight excluding hydrogens is 360 g/mol. The summed E-state index contributed by atoms with van der Waals surface area (Å²) in [7, 11) is 1.88. The maximum atomic E-state index is 5.93. The zero-order valence-electron chi connectivity index (χ0n) is 16.3. The monoisotopic (exact) mass is 390 g/mol. The van der Waals surface area contributed by atoms with E-state index in [1.807, 2.05) is 19.4 Å². The van der Waals surface area contributed by atoms with E-state index in [0.29, 0.717) is 12.6 Å². The fraction of sp³-hybridized carbons (Fsp3) is 0.579. The minimum Gasteiger partial charge on any atom is -0.494 e. The lowest BCUT2D eigenvalue weighted by molar-refractivity contribution is 0.220. The highest BCUT2D eigenvalue weighted by Gasteiger charge is 2.10. The third kappa shape index (κ3) is 6.32. The Morgan fingerprint density at radius 3 is 2.89 bits per heavy atom. The van der Waals surface area contributed by atoms with Crippen LogP contribution in [-0.2, 0) is 13.6 Å². The van der Waals surface area contributed by atoms with Crippen molar-refractivity contribution in [3.05, 3.63) is 29.8 Å². The molecule has 0 saturated carbocycles. The number of rotatable bonds is 10. The number of hydrogen-bond acceptors (Lipinski definition) is 7. The van der Waals surface area contributed by atoms with Crippen molar-refractivity contribution < 1.29 is 4.74 Å². The highest BCUT2D eigenvalue weighted by atomic mass is 32.2. The van der Waals surface area contributed by atoms with Crippen LogP contribution < -0.4 is 14.8 Å². The smallest absolute Gasteiger partial charge is 0.253 e. The number of anilines is 2. The minimum absolute atomic E-state index is 0.620. The number of hydrogen-bond donors (Lipinski definition) is 2. The Bertz CT molecular complexity index is 701. The quantitative estimate of drug-likeness (QED) is 0.476. The lowest BCUT2D eigenvalue weighted by Gasteiger charge is -2.26. The van der Waals surface area contributed by atoms with Crippen LogP contribution in [-0.4, -0.2) is 52.2 Å². The average Bonchev–Trinajstić information content (AvgIpc) is 3.02. The molecule has 2 N–H and O–H groups in total. The number of piperidine rings is 1. The normalized spacial score (nSPS) is 14.9. The van der Waals surface area contributed by atoms with Gasteiger partial charge in [-0.2, -0.15) is 4.98 Å². The van der Waals surface area contributed by atoms with Gasteiger partial charge in [-0.25, -0.2) is 4.68 Å². The number of ether oxygens (including phenoxy) is 1. The van der Waals surface area contributed by atoms with Crippen molar-refractivity contribution in [1.82, 2.24) is 19.7 Å². The first-order valence-electron chi connectivity index (χ1n) is 9.62. The molecule has 2 aromatic rings. The van der Waals surface area contributed by atoms with Crippen LogP contribution in [0.1, 0.15) is 31.2 Å². The van der Waals surface area contributed by atoms with E-state index in [4.69, 9.17) is 4.74 Å². The molecule has 0 amide bonds. The van der Waals surface area contributed by atoms with Gasteiger partial charge >= 0.3 is 0 Å². The van der Waals surface area contributed by atoms with Gasteiger partial charge in [0.1, 0.15) is 5.75 Å². The molecule has 2 heterocycles. The highest BCUT2D eigenvalue weighted by molar-refractivity contribution is 7.99. The van der Waals surface area contributed by atoms with Gasteiger partial charge in [-0.05, 0) is 50.0 Å². The molecule has 3 rings (SSSR count). The summed E-state index contributed by atoms with van der Waals surface area (Å²) in [5.74, 6) is 2.33. The topological polar surface area (TPSA) is 67.2 Å². The van der Waals surface area contributed by atoms with Gasteiger partial charge < -0.3 is 10.1 Å². The SMILES string of the molecule is CSNc1nc(NCCCOc2cccc(CN3CCCCC3)c2)n(C)n1.